The number of halogens is 2. The number of hydrogen-bond donors (Lipinski definition) is 1. The van der Waals surface area contributed by atoms with Gasteiger partial charge in [0.2, 0.25) is 5.91 Å². The number of carbonyl (C=O) groups is 1. The van der Waals surface area contributed by atoms with Crippen LogP contribution in [0, 0.1) is 23.6 Å². The molecule has 1 heterocycles. The minimum absolute atomic E-state index is 0. The second-order valence-corrected chi connectivity index (χ2v) is 4.50. The molecule has 1 N–H and O–H groups in total. The van der Waals surface area contributed by atoms with E-state index >= 15 is 0 Å². The smallest absolute Gasteiger partial charge is 0.225 e. The minimum atomic E-state index is -0.902. The molecule has 0 aliphatic carbocycles. The molecule has 1 unspecified atom stereocenters. The fraction of sp³-hybridized carbons (Fsp3) is 0.357. The molecule has 20 heavy (non-hydrogen) atoms. The summed E-state index contributed by atoms with van der Waals surface area (Å²) in [5, 5.41) is 9.14. The Hall–Kier alpha value is -0.806. The number of phenols is 1. The summed E-state index contributed by atoms with van der Waals surface area (Å²) in [6.07, 6.45) is 3.20. The van der Waals surface area contributed by atoms with Crippen molar-refractivity contribution in [3.63, 3.8) is 0 Å². The van der Waals surface area contributed by atoms with Gasteiger partial charge in [0.15, 0.2) is 0 Å². The molecule has 1 aromatic carbocycles. The number of phenolic OH excluding ortho intramolecular Hbond substituents is 1. The van der Waals surface area contributed by atoms with Crippen LogP contribution in [0.3, 0.4) is 0 Å². The Morgan fingerprint density at radius 1 is 1.40 bits per heavy atom. The quantitative estimate of drug-likeness (QED) is 0.829. The van der Waals surface area contributed by atoms with Gasteiger partial charge in [0, 0.05) is 45.2 Å². The molecule has 1 aromatic rings. The van der Waals surface area contributed by atoms with Gasteiger partial charge in [-0.25, -0.2) is 14.9 Å². The van der Waals surface area contributed by atoms with Crippen LogP contribution in [0.25, 0.3) is 5.70 Å². The number of rotatable bonds is 2. The Labute approximate surface area is 141 Å². The average molecular weight is 355 g/mol. The molecule has 0 aromatic heterocycles. The van der Waals surface area contributed by atoms with Crippen LogP contribution in [-0.2, 0) is 37.5 Å². The Bertz CT molecular complexity index is 537. The topological polar surface area (TPSA) is 40.5 Å². The van der Waals surface area contributed by atoms with E-state index in [1.165, 1.54) is 4.90 Å². The zero-order valence-corrected chi connectivity index (χ0v) is 14.1. The first-order chi connectivity index (χ1) is 8.95. The van der Waals surface area contributed by atoms with Crippen molar-refractivity contribution in [1.29, 1.82) is 0 Å². The Kier molecular flexibility index (Phi) is 5.83. The van der Waals surface area contributed by atoms with Crippen molar-refractivity contribution < 1.29 is 51.4 Å². The molecule has 1 atom stereocenters. The molecule has 0 saturated carbocycles. The summed E-state index contributed by atoms with van der Waals surface area (Å²) < 4.78 is 27.7. The van der Waals surface area contributed by atoms with Gasteiger partial charge in [0.05, 0.1) is 11.6 Å². The molecule has 6 heteroatoms. The minimum Gasteiger partial charge on any atom is -0.508 e. The predicted octanol–water partition coefficient (Wildman–Crippen LogP) is 2.70. The molecular weight excluding hydrogens is 341 g/mol. The molecule has 0 fully saturated rings. The van der Waals surface area contributed by atoms with Crippen molar-refractivity contribution in [2.24, 2.45) is 5.92 Å². The largest absolute Gasteiger partial charge is 0.508 e. The van der Waals surface area contributed by atoms with Gasteiger partial charge in [-0.05, 0) is 19.1 Å². The monoisotopic (exact) mass is 355 g/mol. The van der Waals surface area contributed by atoms with E-state index in [0.717, 1.165) is 12.1 Å². The van der Waals surface area contributed by atoms with Crippen LogP contribution in [-0.4, -0.2) is 22.5 Å². The van der Waals surface area contributed by atoms with E-state index in [4.69, 9.17) is 5.11 Å². The summed E-state index contributed by atoms with van der Waals surface area (Å²) in [4.78, 5) is 13.3. The van der Waals surface area contributed by atoms with Crippen LogP contribution in [0.4, 0.5) is 8.78 Å². The first kappa shape index (κ1) is 17.2. The number of carbonyl (C=O) groups excluding carboxylic acids is 1. The van der Waals surface area contributed by atoms with Crippen molar-refractivity contribution >= 4 is 11.6 Å². The normalized spacial score (nSPS) is 18.6. The molecular formula is C14H14F2NO2Y-. The van der Waals surface area contributed by atoms with Crippen LogP contribution in [0.1, 0.15) is 25.8 Å². The van der Waals surface area contributed by atoms with Crippen LogP contribution in [0.5, 0.6) is 5.75 Å². The van der Waals surface area contributed by atoms with Gasteiger partial charge >= 0.3 is 0 Å². The molecule has 1 amide bonds. The zero-order chi connectivity index (χ0) is 14.2. The first-order valence-electron chi connectivity index (χ1n) is 6.06. The third kappa shape index (κ3) is 3.09. The molecule has 1 aliphatic heterocycles. The Morgan fingerprint density at radius 3 is 2.45 bits per heavy atom. The van der Waals surface area contributed by atoms with Crippen molar-refractivity contribution in [1.82, 2.24) is 4.90 Å². The molecule has 0 bridgehead atoms. The van der Waals surface area contributed by atoms with Gasteiger partial charge in [0.25, 0.3) is 0 Å². The molecule has 0 spiro atoms. The van der Waals surface area contributed by atoms with E-state index in [1.807, 2.05) is 0 Å². The maximum absolute atomic E-state index is 13.8. The fourth-order valence-corrected chi connectivity index (χ4v) is 2.13. The summed E-state index contributed by atoms with van der Waals surface area (Å²) in [6, 6.07) is 1.65. The van der Waals surface area contributed by atoms with Crippen molar-refractivity contribution in [2.45, 2.75) is 20.3 Å². The van der Waals surface area contributed by atoms with Crippen LogP contribution < -0.4 is 0 Å². The molecule has 0 saturated heterocycles. The van der Waals surface area contributed by atoms with Gasteiger partial charge < -0.3 is 10.0 Å². The predicted molar refractivity (Wildman–Crippen MR) is 65.8 cm³/mol. The van der Waals surface area contributed by atoms with Gasteiger partial charge in [-0.2, -0.15) is 0 Å². The summed E-state index contributed by atoms with van der Waals surface area (Å²) in [5.74, 6) is -2.71. The second kappa shape index (κ2) is 6.77. The zero-order valence-electron chi connectivity index (χ0n) is 11.3. The molecule has 1 aliphatic rings. The Balaban J connectivity index is 0.00000200. The fourth-order valence-electron chi connectivity index (χ4n) is 2.13. The Morgan fingerprint density at radius 2 is 1.95 bits per heavy atom. The third-order valence-electron chi connectivity index (χ3n) is 3.11. The molecule has 2 rings (SSSR count). The molecule has 3 nitrogen and oxygen atoms in total. The van der Waals surface area contributed by atoms with E-state index < -0.39 is 17.4 Å². The summed E-state index contributed by atoms with van der Waals surface area (Å²) in [7, 11) is 0. The standard InChI is InChI=1S/C14H14F2NO2.Y/c1-3-17-12(5-4-8(2)14(17)19)13-10(15)6-9(18)7-11(13)16;/h6-8,18H,3-4H2,1-2H3;/q-1;. The van der Waals surface area contributed by atoms with Crippen molar-refractivity contribution in [3.05, 3.63) is 35.4 Å². The first-order valence-corrected chi connectivity index (χ1v) is 6.06. The summed E-state index contributed by atoms with van der Waals surface area (Å²) in [5.41, 5.74) is -0.208. The van der Waals surface area contributed by atoms with Crippen LogP contribution in [0.15, 0.2) is 12.1 Å². The van der Waals surface area contributed by atoms with Gasteiger partial charge in [-0.3, -0.25) is 4.79 Å². The average Bonchev–Trinajstić information content (AvgIpc) is 2.32. The van der Waals surface area contributed by atoms with Crippen molar-refractivity contribution in [2.75, 3.05) is 6.54 Å². The van der Waals surface area contributed by atoms with E-state index in [9.17, 15) is 13.6 Å². The SMILES string of the molecule is CCN1C(=O)C(C)C[C-]=C1c1c(F)cc(O)cc1F.[Y]. The van der Waals surface area contributed by atoms with Crippen LogP contribution in [0.2, 0.25) is 0 Å². The maximum atomic E-state index is 13.8. The number of benzene rings is 1. The number of amides is 1. The third-order valence-corrected chi connectivity index (χ3v) is 3.11. The van der Waals surface area contributed by atoms with E-state index in [1.54, 1.807) is 13.8 Å². The number of aromatic hydroxyl groups is 1. The number of hydrogen-bond acceptors (Lipinski definition) is 2. The van der Waals surface area contributed by atoms with E-state index in [0.29, 0.717) is 13.0 Å². The van der Waals surface area contributed by atoms with E-state index in [2.05, 4.69) is 6.08 Å². The van der Waals surface area contributed by atoms with Gasteiger partial charge in [0.1, 0.15) is 5.75 Å². The van der Waals surface area contributed by atoms with E-state index in [-0.39, 0.29) is 55.8 Å². The summed E-state index contributed by atoms with van der Waals surface area (Å²) in [6.45, 7) is 3.79. The maximum Gasteiger partial charge on any atom is 0.225 e. The van der Waals surface area contributed by atoms with Crippen molar-refractivity contribution in [3.8, 4) is 5.75 Å². The number of nitrogens with zero attached hydrogens (tertiary/aromatic N) is 1. The van der Waals surface area contributed by atoms with Gasteiger partial charge in [-0.1, -0.05) is 18.9 Å². The molecule has 1 radical (unpaired) electrons. The van der Waals surface area contributed by atoms with Crippen LogP contribution >= 0.6 is 0 Å². The second-order valence-electron chi connectivity index (χ2n) is 4.50. The molecule has 105 valence electrons. The number of allylic oxidation sites excluding steroid dienone is 1. The summed E-state index contributed by atoms with van der Waals surface area (Å²) >= 11 is 0. The van der Waals surface area contributed by atoms with Gasteiger partial charge in [-0.15, -0.1) is 5.70 Å².